The minimum absolute atomic E-state index is 0.0154. The number of nitrogens with zero attached hydrogens (tertiary/aromatic N) is 5. The van der Waals surface area contributed by atoms with Gasteiger partial charge in [0.1, 0.15) is 0 Å². The first kappa shape index (κ1) is 19.2. The molecule has 0 radical (unpaired) electrons. The molecular formula is C17H13N7O5S. The lowest BCUT2D eigenvalue weighted by molar-refractivity contribution is -0.384. The molecule has 0 atom stereocenters. The van der Waals surface area contributed by atoms with Crippen LogP contribution in [0.3, 0.4) is 0 Å². The average Bonchev–Trinajstić information content (AvgIpc) is 3.27. The highest BCUT2D eigenvalue weighted by molar-refractivity contribution is 7.15. The number of nitro groups is 1. The van der Waals surface area contributed by atoms with Crippen molar-refractivity contribution in [3.8, 4) is 11.3 Å². The molecular weight excluding hydrogens is 414 g/mol. The first-order valence-electron chi connectivity index (χ1n) is 8.59. The van der Waals surface area contributed by atoms with Crippen LogP contribution < -0.4 is 16.6 Å². The van der Waals surface area contributed by atoms with E-state index in [0.29, 0.717) is 16.2 Å². The van der Waals surface area contributed by atoms with Gasteiger partial charge in [-0.25, -0.2) is 9.31 Å². The molecule has 3 heterocycles. The standard InChI is InChI=1S/C17H13N7O5S/c25-13(5-7-22-8-6-14(26)19-16(22)27)18-15-20-17-23(21-15)12(9-30-17)10-1-3-11(4-2-10)24(28)29/h1-4,6,8-9H,5,7H2,(H,18,21,25)(H,19,26,27). The van der Waals surface area contributed by atoms with E-state index in [1.165, 1.54) is 44.8 Å². The number of nitrogens with one attached hydrogen (secondary N) is 2. The Labute approximate surface area is 170 Å². The molecule has 0 bridgehead atoms. The maximum atomic E-state index is 12.2. The minimum atomic E-state index is -0.594. The van der Waals surface area contributed by atoms with Crippen LogP contribution in [0.1, 0.15) is 6.42 Å². The summed E-state index contributed by atoms with van der Waals surface area (Å²) in [6.45, 7) is 0.0811. The molecule has 3 aromatic heterocycles. The van der Waals surface area contributed by atoms with Gasteiger partial charge in [0, 0.05) is 48.3 Å². The normalized spacial score (nSPS) is 10.9. The van der Waals surface area contributed by atoms with Crippen molar-refractivity contribution >= 4 is 33.8 Å². The molecule has 0 aliphatic carbocycles. The Kier molecular flexibility index (Phi) is 4.93. The lowest BCUT2D eigenvalue weighted by Gasteiger charge is -2.04. The number of non-ortho nitro benzene ring substituents is 1. The Hall–Kier alpha value is -4.13. The van der Waals surface area contributed by atoms with Gasteiger partial charge in [-0.15, -0.1) is 16.4 Å². The van der Waals surface area contributed by atoms with Crippen molar-refractivity contribution in [2.45, 2.75) is 13.0 Å². The molecule has 30 heavy (non-hydrogen) atoms. The van der Waals surface area contributed by atoms with Crippen LogP contribution in [0, 0.1) is 10.1 Å². The summed E-state index contributed by atoms with van der Waals surface area (Å²) in [5.41, 5.74) is 0.276. The molecule has 1 aromatic carbocycles. The molecule has 4 aromatic rings. The Bertz CT molecular complexity index is 1370. The number of fused-ring (bicyclic) bond motifs is 1. The number of benzene rings is 1. The van der Waals surface area contributed by atoms with E-state index < -0.39 is 22.1 Å². The predicted octanol–water partition coefficient (Wildman–Crippen LogP) is 1.24. The van der Waals surface area contributed by atoms with Gasteiger partial charge < -0.3 is 4.57 Å². The van der Waals surface area contributed by atoms with Crippen molar-refractivity contribution in [3.05, 3.63) is 72.9 Å². The molecule has 0 saturated carbocycles. The summed E-state index contributed by atoms with van der Waals surface area (Å²) in [5, 5.41) is 19.4. The minimum Gasteiger partial charge on any atom is -0.300 e. The number of aryl methyl sites for hydroxylation is 1. The summed E-state index contributed by atoms with van der Waals surface area (Å²) >= 11 is 1.31. The van der Waals surface area contributed by atoms with Gasteiger partial charge in [0.05, 0.1) is 10.6 Å². The van der Waals surface area contributed by atoms with E-state index in [4.69, 9.17) is 0 Å². The molecule has 2 N–H and O–H groups in total. The van der Waals surface area contributed by atoms with Crippen LogP contribution in [-0.2, 0) is 11.3 Å². The van der Waals surface area contributed by atoms with Crippen molar-refractivity contribution in [1.29, 1.82) is 0 Å². The van der Waals surface area contributed by atoms with Crippen LogP contribution in [-0.4, -0.2) is 35.0 Å². The van der Waals surface area contributed by atoms with E-state index in [1.807, 2.05) is 5.38 Å². The topological polar surface area (TPSA) is 157 Å². The van der Waals surface area contributed by atoms with Gasteiger partial charge in [0.2, 0.25) is 16.8 Å². The third kappa shape index (κ3) is 3.86. The maximum Gasteiger partial charge on any atom is 0.328 e. The van der Waals surface area contributed by atoms with Crippen LogP contribution in [0.15, 0.2) is 51.5 Å². The number of thiazole rings is 1. The third-order valence-electron chi connectivity index (χ3n) is 4.18. The monoisotopic (exact) mass is 427 g/mol. The molecule has 0 aliphatic rings. The number of aromatic amines is 1. The predicted molar refractivity (Wildman–Crippen MR) is 108 cm³/mol. The first-order chi connectivity index (χ1) is 14.4. The van der Waals surface area contributed by atoms with Crippen molar-refractivity contribution in [1.82, 2.24) is 24.1 Å². The van der Waals surface area contributed by atoms with E-state index >= 15 is 0 Å². The highest BCUT2D eigenvalue weighted by Crippen LogP contribution is 2.27. The van der Waals surface area contributed by atoms with Gasteiger partial charge in [-0.05, 0) is 12.1 Å². The highest BCUT2D eigenvalue weighted by Gasteiger charge is 2.14. The number of nitro benzene ring substituents is 1. The van der Waals surface area contributed by atoms with Crippen molar-refractivity contribution in [3.63, 3.8) is 0 Å². The van der Waals surface area contributed by atoms with Crippen LogP contribution in [0.25, 0.3) is 16.2 Å². The molecule has 1 amide bonds. The largest absolute Gasteiger partial charge is 0.328 e. The number of H-pyrrole nitrogens is 1. The lowest BCUT2D eigenvalue weighted by Crippen LogP contribution is -2.29. The smallest absolute Gasteiger partial charge is 0.300 e. The van der Waals surface area contributed by atoms with Crippen LogP contribution in [0.4, 0.5) is 11.6 Å². The fourth-order valence-electron chi connectivity index (χ4n) is 2.72. The van der Waals surface area contributed by atoms with Crippen LogP contribution in [0.5, 0.6) is 0 Å². The number of aromatic nitrogens is 5. The van der Waals surface area contributed by atoms with Crippen molar-refractivity contribution < 1.29 is 9.72 Å². The SMILES string of the molecule is O=C(CCn1ccc(=O)[nH]c1=O)Nc1nc2scc(-c3ccc([N+](=O)[O-])cc3)n2n1. The number of hydrogen-bond donors (Lipinski definition) is 2. The Morgan fingerprint density at radius 1 is 1.23 bits per heavy atom. The number of anilines is 1. The fourth-order valence-corrected chi connectivity index (χ4v) is 3.55. The summed E-state index contributed by atoms with van der Waals surface area (Å²) in [6, 6.07) is 7.22. The molecule has 4 rings (SSSR count). The van der Waals surface area contributed by atoms with Gasteiger partial charge in [-0.2, -0.15) is 4.98 Å². The average molecular weight is 427 g/mol. The fraction of sp³-hybridized carbons (Fsp3) is 0.118. The summed E-state index contributed by atoms with van der Waals surface area (Å²) in [4.78, 5) is 52.1. The molecule has 0 aliphatic heterocycles. The van der Waals surface area contributed by atoms with E-state index in [-0.39, 0.29) is 24.6 Å². The van der Waals surface area contributed by atoms with Gasteiger partial charge in [0.25, 0.3) is 11.2 Å². The zero-order valence-electron chi connectivity index (χ0n) is 15.1. The van der Waals surface area contributed by atoms with E-state index in [9.17, 15) is 24.5 Å². The molecule has 0 fully saturated rings. The number of carbonyl (C=O) groups is 1. The molecule has 12 nitrogen and oxygen atoms in total. The van der Waals surface area contributed by atoms with Gasteiger partial charge >= 0.3 is 5.69 Å². The summed E-state index contributed by atoms with van der Waals surface area (Å²) in [5.74, 6) is -0.299. The Balaban J connectivity index is 1.47. The zero-order valence-corrected chi connectivity index (χ0v) is 16.0. The van der Waals surface area contributed by atoms with Crippen molar-refractivity contribution in [2.75, 3.05) is 5.32 Å². The molecule has 0 saturated heterocycles. The van der Waals surface area contributed by atoms with Crippen LogP contribution >= 0.6 is 11.3 Å². The molecule has 152 valence electrons. The van der Waals surface area contributed by atoms with E-state index in [0.717, 1.165) is 0 Å². The summed E-state index contributed by atoms with van der Waals surface area (Å²) in [6.07, 6.45) is 1.30. The van der Waals surface area contributed by atoms with Crippen molar-refractivity contribution in [2.24, 2.45) is 0 Å². The number of amides is 1. The number of carbonyl (C=O) groups excluding carboxylic acids is 1. The second kappa shape index (κ2) is 7.71. The maximum absolute atomic E-state index is 12.2. The highest BCUT2D eigenvalue weighted by atomic mass is 32.1. The summed E-state index contributed by atoms with van der Waals surface area (Å²) < 4.78 is 2.75. The quantitative estimate of drug-likeness (QED) is 0.346. The third-order valence-corrected chi connectivity index (χ3v) is 5.00. The van der Waals surface area contributed by atoms with Crippen LogP contribution in [0.2, 0.25) is 0 Å². The van der Waals surface area contributed by atoms with Gasteiger partial charge in [-0.3, -0.25) is 30.0 Å². The summed E-state index contributed by atoms with van der Waals surface area (Å²) in [7, 11) is 0. The molecule has 0 unspecified atom stereocenters. The first-order valence-corrected chi connectivity index (χ1v) is 9.47. The zero-order chi connectivity index (χ0) is 21.3. The van der Waals surface area contributed by atoms with E-state index in [1.54, 1.807) is 12.1 Å². The molecule has 13 heteroatoms. The number of rotatable bonds is 6. The second-order valence-corrected chi connectivity index (χ2v) is 6.99. The Morgan fingerprint density at radius 2 is 2.00 bits per heavy atom. The van der Waals surface area contributed by atoms with Gasteiger partial charge in [-0.1, -0.05) is 0 Å². The van der Waals surface area contributed by atoms with E-state index in [2.05, 4.69) is 20.4 Å². The second-order valence-electron chi connectivity index (χ2n) is 6.16. The van der Waals surface area contributed by atoms with Gasteiger partial charge in [0.15, 0.2) is 0 Å². The number of hydrogen-bond acceptors (Lipinski definition) is 8. The molecule has 0 spiro atoms. The lowest BCUT2D eigenvalue weighted by atomic mass is 10.1. The Morgan fingerprint density at radius 3 is 2.70 bits per heavy atom.